The van der Waals surface area contributed by atoms with E-state index in [-0.39, 0.29) is 24.8 Å². The summed E-state index contributed by atoms with van der Waals surface area (Å²) >= 11 is 0. The van der Waals surface area contributed by atoms with E-state index in [2.05, 4.69) is 0 Å². The normalized spacial score (nSPS) is 16.4. The summed E-state index contributed by atoms with van der Waals surface area (Å²) in [6, 6.07) is 17.6. The lowest BCUT2D eigenvalue weighted by atomic mass is 10.0. The third kappa shape index (κ3) is 2.72. The van der Waals surface area contributed by atoms with Crippen LogP contribution < -0.4 is 4.90 Å². The Balaban J connectivity index is 1.93. The highest BCUT2D eigenvalue weighted by atomic mass is 16.4. The van der Waals surface area contributed by atoms with Crippen molar-refractivity contribution in [1.82, 2.24) is 0 Å². The topological polar surface area (TPSA) is 57.6 Å². The van der Waals surface area contributed by atoms with Gasteiger partial charge in [0.25, 0.3) is 0 Å². The Hall–Kier alpha value is -2.62. The minimum atomic E-state index is -0.947. The first-order valence-corrected chi connectivity index (χ1v) is 7.33. The van der Waals surface area contributed by atoms with Crippen LogP contribution in [0.4, 0.5) is 5.69 Å². The fourth-order valence-electron chi connectivity index (χ4n) is 2.97. The number of nitrogens with zero attached hydrogens (tertiary/aromatic N) is 1. The first-order valence-electron chi connectivity index (χ1n) is 7.33. The molecular weight excluding hydrogens is 278 g/mol. The van der Waals surface area contributed by atoms with Gasteiger partial charge in [-0.05, 0) is 23.6 Å². The molecule has 0 fully saturated rings. The van der Waals surface area contributed by atoms with Crippen LogP contribution in [0.3, 0.4) is 0 Å². The van der Waals surface area contributed by atoms with E-state index in [0.29, 0.717) is 0 Å². The summed E-state index contributed by atoms with van der Waals surface area (Å²) < 4.78 is 0. The van der Waals surface area contributed by atoms with E-state index in [0.717, 1.165) is 23.2 Å². The quantitative estimate of drug-likeness (QED) is 0.942. The highest BCUT2D eigenvalue weighted by Gasteiger charge is 2.34. The Bertz CT molecular complexity index is 696. The van der Waals surface area contributed by atoms with Crippen LogP contribution in [0.5, 0.6) is 0 Å². The van der Waals surface area contributed by atoms with Gasteiger partial charge in [-0.15, -0.1) is 0 Å². The van der Waals surface area contributed by atoms with E-state index in [1.165, 1.54) is 0 Å². The third-order valence-corrected chi connectivity index (χ3v) is 3.98. The second kappa shape index (κ2) is 6.02. The molecule has 4 nitrogen and oxygen atoms in total. The number of anilines is 1. The number of carboxylic acids is 1. The number of carboxylic acid groups (broad SMARTS) is 1. The standard InChI is InChI=1S/C18H17NO3/c20-17(10-11-18(21)22)19-15-9-5-4-8-14(15)12-16(19)13-6-2-1-3-7-13/h1-9,16H,10-12H2,(H,21,22)/t16-/m0/s1. The molecule has 4 heteroatoms. The molecule has 1 N–H and O–H groups in total. The summed E-state index contributed by atoms with van der Waals surface area (Å²) in [7, 11) is 0. The maximum atomic E-state index is 12.6. The Morgan fingerprint density at radius 1 is 1.00 bits per heavy atom. The first-order chi connectivity index (χ1) is 10.7. The molecule has 2 aromatic carbocycles. The number of carbonyl (C=O) groups excluding carboxylic acids is 1. The van der Waals surface area contributed by atoms with E-state index in [4.69, 9.17) is 5.11 Å². The predicted molar refractivity (Wildman–Crippen MR) is 83.7 cm³/mol. The van der Waals surface area contributed by atoms with Gasteiger partial charge in [0.05, 0.1) is 12.5 Å². The van der Waals surface area contributed by atoms with Gasteiger partial charge in [-0.1, -0.05) is 48.5 Å². The fourth-order valence-corrected chi connectivity index (χ4v) is 2.97. The highest BCUT2D eigenvalue weighted by molar-refractivity contribution is 5.97. The Morgan fingerprint density at radius 2 is 1.68 bits per heavy atom. The fraction of sp³-hybridized carbons (Fsp3) is 0.222. The number of hydrogen-bond acceptors (Lipinski definition) is 2. The van der Waals surface area contributed by atoms with Crippen LogP contribution in [0.15, 0.2) is 54.6 Å². The number of fused-ring (bicyclic) bond motifs is 1. The van der Waals surface area contributed by atoms with Gasteiger partial charge in [0.2, 0.25) is 5.91 Å². The SMILES string of the molecule is O=C(O)CCC(=O)N1c2ccccc2C[C@H]1c1ccccc1. The molecule has 22 heavy (non-hydrogen) atoms. The molecule has 0 unspecified atom stereocenters. The number of hydrogen-bond donors (Lipinski definition) is 1. The molecule has 0 spiro atoms. The van der Waals surface area contributed by atoms with Gasteiger partial charge >= 0.3 is 5.97 Å². The summed E-state index contributed by atoms with van der Waals surface area (Å²) in [5.74, 6) is -1.08. The molecule has 1 atom stereocenters. The molecule has 2 aromatic rings. The molecular formula is C18H17NO3. The summed E-state index contributed by atoms with van der Waals surface area (Å²) in [5, 5.41) is 8.81. The lowest BCUT2D eigenvalue weighted by Gasteiger charge is -2.26. The predicted octanol–water partition coefficient (Wildman–Crippen LogP) is 3.18. The zero-order chi connectivity index (χ0) is 15.5. The van der Waals surface area contributed by atoms with E-state index >= 15 is 0 Å². The van der Waals surface area contributed by atoms with E-state index in [9.17, 15) is 9.59 Å². The molecule has 0 saturated heterocycles. The maximum Gasteiger partial charge on any atom is 0.303 e. The molecule has 0 bridgehead atoms. The van der Waals surface area contributed by atoms with Gasteiger partial charge < -0.3 is 10.0 Å². The molecule has 1 aliphatic rings. The summed E-state index contributed by atoms with van der Waals surface area (Å²) in [6.45, 7) is 0. The van der Waals surface area contributed by atoms with Crippen molar-refractivity contribution in [3.05, 3.63) is 65.7 Å². The minimum Gasteiger partial charge on any atom is -0.481 e. The van der Waals surface area contributed by atoms with Crippen LogP contribution in [0.25, 0.3) is 0 Å². The average molecular weight is 295 g/mol. The van der Waals surface area contributed by atoms with Crippen LogP contribution in [-0.4, -0.2) is 17.0 Å². The van der Waals surface area contributed by atoms with Crippen molar-refractivity contribution in [2.45, 2.75) is 25.3 Å². The second-order valence-corrected chi connectivity index (χ2v) is 5.42. The molecule has 1 amide bonds. The van der Waals surface area contributed by atoms with Crippen molar-refractivity contribution in [1.29, 1.82) is 0 Å². The van der Waals surface area contributed by atoms with Gasteiger partial charge in [0, 0.05) is 12.1 Å². The van der Waals surface area contributed by atoms with Crippen LogP contribution in [0.1, 0.15) is 30.0 Å². The van der Waals surface area contributed by atoms with Crippen LogP contribution in [0.2, 0.25) is 0 Å². The van der Waals surface area contributed by atoms with E-state index in [1.54, 1.807) is 4.90 Å². The van der Waals surface area contributed by atoms with E-state index in [1.807, 2.05) is 54.6 Å². The molecule has 0 radical (unpaired) electrons. The summed E-state index contributed by atoms with van der Waals surface area (Å²) in [6.07, 6.45) is 0.644. The zero-order valence-electron chi connectivity index (χ0n) is 12.1. The third-order valence-electron chi connectivity index (χ3n) is 3.98. The molecule has 0 aromatic heterocycles. The van der Waals surface area contributed by atoms with Crippen molar-refractivity contribution >= 4 is 17.6 Å². The van der Waals surface area contributed by atoms with Gasteiger partial charge in [0.1, 0.15) is 0 Å². The molecule has 1 heterocycles. The van der Waals surface area contributed by atoms with E-state index < -0.39 is 5.97 Å². The molecule has 0 aliphatic carbocycles. The average Bonchev–Trinajstić information content (AvgIpc) is 2.93. The van der Waals surface area contributed by atoms with Crippen molar-refractivity contribution in [3.8, 4) is 0 Å². The smallest absolute Gasteiger partial charge is 0.303 e. The molecule has 0 saturated carbocycles. The van der Waals surface area contributed by atoms with Crippen molar-refractivity contribution < 1.29 is 14.7 Å². The highest BCUT2D eigenvalue weighted by Crippen LogP contribution is 2.40. The van der Waals surface area contributed by atoms with Crippen molar-refractivity contribution in [2.24, 2.45) is 0 Å². The Kier molecular flexibility index (Phi) is 3.92. The minimum absolute atomic E-state index is 0.0208. The second-order valence-electron chi connectivity index (χ2n) is 5.42. The van der Waals surface area contributed by atoms with Gasteiger partial charge in [-0.25, -0.2) is 0 Å². The van der Waals surface area contributed by atoms with Gasteiger partial charge in [0.15, 0.2) is 0 Å². The lowest BCUT2D eigenvalue weighted by Crippen LogP contribution is -2.32. The first kappa shape index (κ1) is 14.3. The lowest BCUT2D eigenvalue weighted by molar-refractivity contribution is -0.138. The number of aliphatic carboxylic acids is 1. The number of carbonyl (C=O) groups is 2. The number of para-hydroxylation sites is 1. The number of rotatable bonds is 4. The monoisotopic (exact) mass is 295 g/mol. The van der Waals surface area contributed by atoms with Crippen LogP contribution in [0, 0.1) is 0 Å². The Labute approximate surface area is 129 Å². The molecule has 3 rings (SSSR count). The zero-order valence-corrected chi connectivity index (χ0v) is 12.1. The summed E-state index contributed by atoms with van der Waals surface area (Å²) in [5.41, 5.74) is 3.09. The Morgan fingerprint density at radius 3 is 2.41 bits per heavy atom. The maximum absolute atomic E-state index is 12.6. The molecule has 112 valence electrons. The van der Waals surface area contributed by atoms with Crippen molar-refractivity contribution in [2.75, 3.05) is 4.90 Å². The van der Waals surface area contributed by atoms with Crippen LogP contribution >= 0.6 is 0 Å². The number of amides is 1. The van der Waals surface area contributed by atoms with Crippen LogP contribution in [-0.2, 0) is 16.0 Å². The molecule has 1 aliphatic heterocycles. The largest absolute Gasteiger partial charge is 0.481 e. The van der Waals surface area contributed by atoms with Gasteiger partial charge in [-0.3, -0.25) is 9.59 Å². The number of benzene rings is 2. The summed E-state index contributed by atoms with van der Waals surface area (Å²) in [4.78, 5) is 25.1. The van der Waals surface area contributed by atoms with Gasteiger partial charge in [-0.2, -0.15) is 0 Å². The van der Waals surface area contributed by atoms with Crippen molar-refractivity contribution in [3.63, 3.8) is 0 Å².